The van der Waals surface area contributed by atoms with Crippen molar-refractivity contribution in [3.63, 3.8) is 0 Å². The number of Topliss-reactive ketones (excluding diaryl/α,β-unsaturated/α-hetero) is 1. The summed E-state index contributed by atoms with van der Waals surface area (Å²) in [5.41, 5.74) is 3.28. The normalized spacial score (nSPS) is 24.4. The molecular formula is C24H30ClNO4. The molecule has 0 fully saturated rings. The Morgan fingerprint density at radius 3 is 2.63 bits per heavy atom. The molecule has 4 rings (SSSR count). The van der Waals surface area contributed by atoms with Crippen molar-refractivity contribution in [3.8, 4) is 5.75 Å². The minimum absolute atomic E-state index is 0.0614. The summed E-state index contributed by atoms with van der Waals surface area (Å²) in [6, 6.07) is 1.95. The standard InChI is InChI=1S/C24H30ClNO4/c1-7-29-22(28)16-12-26-18(10-19(16)27)14-8-17(25)21-15(11-24(5,6)30-21)13(14)9-20(26)23(2,3)4/h8,12,18,20H,7,9-11H2,1-6H3. The first-order chi connectivity index (χ1) is 13.9. The number of carbonyl (C=O) groups is 2. The topological polar surface area (TPSA) is 55.8 Å². The van der Waals surface area contributed by atoms with E-state index in [0.29, 0.717) is 5.02 Å². The summed E-state index contributed by atoms with van der Waals surface area (Å²) in [4.78, 5) is 27.5. The minimum atomic E-state index is -0.540. The maximum Gasteiger partial charge on any atom is 0.343 e. The first kappa shape index (κ1) is 21.2. The van der Waals surface area contributed by atoms with Gasteiger partial charge in [-0.1, -0.05) is 32.4 Å². The number of hydrogen-bond donors (Lipinski definition) is 0. The number of carbonyl (C=O) groups excluding carboxylic acids is 2. The summed E-state index contributed by atoms with van der Waals surface area (Å²) < 4.78 is 11.3. The molecule has 0 aromatic heterocycles. The summed E-state index contributed by atoms with van der Waals surface area (Å²) in [5.74, 6) is 0.0661. The molecule has 2 unspecified atom stereocenters. The highest BCUT2D eigenvalue weighted by Gasteiger charge is 2.46. The average molecular weight is 432 g/mol. The van der Waals surface area contributed by atoms with E-state index in [2.05, 4.69) is 39.5 Å². The van der Waals surface area contributed by atoms with Gasteiger partial charge in [-0.2, -0.15) is 0 Å². The Balaban J connectivity index is 1.86. The molecule has 2 atom stereocenters. The predicted molar refractivity (Wildman–Crippen MR) is 116 cm³/mol. The van der Waals surface area contributed by atoms with E-state index in [1.165, 1.54) is 11.1 Å². The molecule has 0 amide bonds. The third kappa shape index (κ3) is 3.41. The summed E-state index contributed by atoms with van der Waals surface area (Å²) in [6.07, 6.45) is 3.58. The number of ketones is 1. The second-order valence-corrected chi connectivity index (χ2v) is 10.6. The molecule has 0 N–H and O–H groups in total. The van der Waals surface area contributed by atoms with Gasteiger partial charge in [-0.25, -0.2) is 4.79 Å². The molecule has 30 heavy (non-hydrogen) atoms. The molecule has 1 aromatic rings. The second-order valence-electron chi connectivity index (χ2n) is 10.2. The lowest BCUT2D eigenvalue weighted by Gasteiger charge is -2.50. The smallest absolute Gasteiger partial charge is 0.343 e. The SMILES string of the molecule is CCOC(=O)C1=CN2C(CC1=O)c1cc(Cl)c3c(c1CC2C(C)(C)C)CC(C)(C)O3. The molecule has 0 spiro atoms. The Morgan fingerprint density at radius 1 is 1.30 bits per heavy atom. The van der Waals surface area contributed by atoms with Gasteiger partial charge < -0.3 is 14.4 Å². The van der Waals surface area contributed by atoms with Crippen molar-refractivity contribution in [1.29, 1.82) is 0 Å². The fraction of sp³-hybridized carbons (Fsp3) is 0.583. The van der Waals surface area contributed by atoms with Crippen LogP contribution in [0.1, 0.15) is 70.7 Å². The first-order valence-corrected chi connectivity index (χ1v) is 11.0. The van der Waals surface area contributed by atoms with Crippen LogP contribution in [0.3, 0.4) is 0 Å². The van der Waals surface area contributed by atoms with Crippen molar-refractivity contribution in [1.82, 2.24) is 4.90 Å². The number of ether oxygens (including phenoxy) is 2. The third-order valence-electron chi connectivity index (χ3n) is 6.40. The summed E-state index contributed by atoms with van der Waals surface area (Å²) in [6.45, 7) is 12.7. The van der Waals surface area contributed by atoms with Crippen LogP contribution in [-0.2, 0) is 27.2 Å². The Bertz CT molecular complexity index is 957. The quantitative estimate of drug-likeness (QED) is 0.498. The van der Waals surface area contributed by atoms with Crippen LogP contribution in [0.25, 0.3) is 0 Å². The molecule has 1 aromatic carbocycles. The zero-order valence-corrected chi connectivity index (χ0v) is 19.4. The molecule has 162 valence electrons. The van der Waals surface area contributed by atoms with E-state index >= 15 is 0 Å². The molecule has 0 aliphatic carbocycles. The maximum absolute atomic E-state index is 12.9. The monoisotopic (exact) mass is 431 g/mol. The molecule has 3 aliphatic heterocycles. The molecule has 3 heterocycles. The van der Waals surface area contributed by atoms with E-state index in [-0.39, 0.29) is 47.5 Å². The molecule has 3 aliphatic rings. The molecular weight excluding hydrogens is 402 g/mol. The molecule has 0 radical (unpaired) electrons. The van der Waals surface area contributed by atoms with Crippen molar-refractivity contribution >= 4 is 23.4 Å². The predicted octanol–water partition coefficient (Wildman–Crippen LogP) is 4.79. The van der Waals surface area contributed by atoms with Crippen molar-refractivity contribution < 1.29 is 19.1 Å². The van der Waals surface area contributed by atoms with Crippen LogP contribution >= 0.6 is 11.6 Å². The van der Waals surface area contributed by atoms with Gasteiger partial charge in [0.2, 0.25) is 0 Å². The van der Waals surface area contributed by atoms with Crippen LogP contribution in [-0.4, -0.2) is 34.9 Å². The first-order valence-electron chi connectivity index (χ1n) is 10.7. The molecule has 0 saturated heterocycles. The highest BCUT2D eigenvalue weighted by Crippen LogP contribution is 2.51. The second kappa shape index (κ2) is 7.01. The van der Waals surface area contributed by atoms with Crippen LogP contribution in [0.15, 0.2) is 17.8 Å². The highest BCUT2D eigenvalue weighted by molar-refractivity contribution is 6.32. The van der Waals surface area contributed by atoms with E-state index in [1.807, 2.05) is 6.07 Å². The van der Waals surface area contributed by atoms with E-state index < -0.39 is 5.97 Å². The number of hydrogen-bond acceptors (Lipinski definition) is 5. The van der Waals surface area contributed by atoms with E-state index in [1.54, 1.807) is 13.1 Å². The zero-order valence-electron chi connectivity index (χ0n) is 18.6. The van der Waals surface area contributed by atoms with Gasteiger partial charge >= 0.3 is 5.97 Å². The van der Waals surface area contributed by atoms with Crippen LogP contribution in [0.4, 0.5) is 0 Å². The molecule has 0 saturated carbocycles. The number of benzene rings is 1. The van der Waals surface area contributed by atoms with Crippen molar-refractivity contribution in [2.45, 2.75) is 78.5 Å². The van der Waals surface area contributed by atoms with Gasteiger partial charge in [-0.15, -0.1) is 0 Å². The fourth-order valence-electron chi connectivity index (χ4n) is 5.03. The number of esters is 1. The number of nitrogens with zero attached hydrogens (tertiary/aromatic N) is 1. The van der Waals surface area contributed by atoms with Gasteiger partial charge in [0.25, 0.3) is 0 Å². The zero-order chi connectivity index (χ0) is 22.0. The minimum Gasteiger partial charge on any atom is -0.486 e. The van der Waals surface area contributed by atoms with Gasteiger partial charge in [0, 0.05) is 30.6 Å². The molecule has 0 bridgehead atoms. The Morgan fingerprint density at radius 2 is 2.00 bits per heavy atom. The number of halogens is 1. The van der Waals surface area contributed by atoms with E-state index in [0.717, 1.165) is 24.2 Å². The van der Waals surface area contributed by atoms with Crippen molar-refractivity contribution in [2.24, 2.45) is 5.41 Å². The summed E-state index contributed by atoms with van der Waals surface area (Å²) >= 11 is 6.63. The number of rotatable bonds is 2. The summed E-state index contributed by atoms with van der Waals surface area (Å²) in [7, 11) is 0. The van der Waals surface area contributed by atoms with Crippen LogP contribution in [0, 0.1) is 5.41 Å². The highest BCUT2D eigenvalue weighted by atomic mass is 35.5. The Hall–Kier alpha value is -2.01. The largest absolute Gasteiger partial charge is 0.486 e. The van der Waals surface area contributed by atoms with Gasteiger partial charge in [0.15, 0.2) is 5.78 Å². The van der Waals surface area contributed by atoms with Gasteiger partial charge in [0.05, 0.1) is 17.7 Å². The fourth-order valence-corrected chi connectivity index (χ4v) is 5.30. The molecule has 5 nitrogen and oxygen atoms in total. The number of fused-ring (bicyclic) bond motifs is 5. The lowest BCUT2D eigenvalue weighted by molar-refractivity contribution is -0.140. The molecule has 6 heteroatoms. The van der Waals surface area contributed by atoms with Gasteiger partial charge in [-0.3, -0.25) is 4.79 Å². The van der Waals surface area contributed by atoms with E-state index in [9.17, 15) is 9.59 Å². The van der Waals surface area contributed by atoms with Crippen LogP contribution in [0.2, 0.25) is 5.02 Å². The van der Waals surface area contributed by atoms with Gasteiger partial charge in [0.1, 0.15) is 16.9 Å². The Kier molecular flexibility index (Phi) is 4.96. The maximum atomic E-state index is 12.9. The van der Waals surface area contributed by atoms with Crippen molar-refractivity contribution in [3.05, 3.63) is 39.6 Å². The van der Waals surface area contributed by atoms with E-state index in [4.69, 9.17) is 21.1 Å². The van der Waals surface area contributed by atoms with Gasteiger partial charge in [-0.05, 0) is 49.8 Å². The van der Waals surface area contributed by atoms with Crippen LogP contribution in [0.5, 0.6) is 5.75 Å². The third-order valence-corrected chi connectivity index (χ3v) is 6.68. The lowest BCUT2D eigenvalue weighted by atomic mass is 9.73. The average Bonchev–Trinajstić information content (AvgIpc) is 2.96. The van der Waals surface area contributed by atoms with Crippen LogP contribution < -0.4 is 4.74 Å². The summed E-state index contributed by atoms with van der Waals surface area (Å²) in [5, 5.41) is 0.594. The van der Waals surface area contributed by atoms with Crippen molar-refractivity contribution in [2.75, 3.05) is 6.61 Å². The Labute approximate surface area is 183 Å². The lowest BCUT2D eigenvalue weighted by Crippen LogP contribution is -2.50.